The van der Waals surface area contributed by atoms with Gasteiger partial charge in [-0.05, 0) is 44.7 Å². The quantitative estimate of drug-likeness (QED) is 0.601. The minimum atomic E-state index is 0.273. The summed E-state index contributed by atoms with van der Waals surface area (Å²) >= 11 is 0. The molecular weight excluding hydrogens is 278 g/mol. The van der Waals surface area contributed by atoms with Gasteiger partial charge < -0.3 is 19.8 Å². The largest absolute Gasteiger partial charge is 0.469 e. The Morgan fingerprint density at radius 1 is 1.45 bits per heavy atom. The van der Waals surface area contributed by atoms with Crippen LogP contribution in [0.3, 0.4) is 0 Å². The van der Waals surface area contributed by atoms with Crippen LogP contribution in [-0.2, 0) is 11.2 Å². The molecule has 2 rings (SSSR count). The minimum absolute atomic E-state index is 0.273. The van der Waals surface area contributed by atoms with Crippen LogP contribution < -0.4 is 10.6 Å². The zero-order chi connectivity index (χ0) is 15.6. The summed E-state index contributed by atoms with van der Waals surface area (Å²) in [5, 5.41) is 6.83. The molecule has 1 fully saturated rings. The molecule has 124 valence electrons. The lowest BCUT2D eigenvalue weighted by molar-refractivity contribution is 0.0224. The van der Waals surface area contributed by atoms with Crippen molar-refractivity contribution in [1.82, 2.24) is 10.6 Å². The van der Waals surface area contributed by atoms with E-state index < -0.39 is 0 Å². The highest BCUT2D eigenvalue weighted by Gasteiger charge is 2.13. The summed E-state index contributed by atoms with van der Waals surface area (Å²) in [6.45, 7) is 6.75. The lowest BCUT2D eigenvalue weighted by Crippen LogP contribution is -2.43. The Kier molecular flexibility index (Phi) is 7.30. The van der Waals surface area contributed by atoms with Crippen molar-refractivity contribution in [3.8, 4) is 0 Å². The molecule has 1 aromatic rings. The molecule has 0 spiro atoms. The first-order valence-corrected chi connectivity index (χ1v) is 8.46. The Labute approximate surface area is 133 Å². The van der Waals surface area contributed by atoms with Gasteiger partial charge in [-0.2, -0.15) is 0 Å². The van der Waals surface area contributed by atoms with Crippen LogP contribution in [0.4, 0.5) is 0 Å². The Balaban J connectivity index is 1.80. The highest BCUT2D eigenvalue weighted by atomic mass is 16.5. The topological polar surface area (TPSA) is 58.8 Å². The molecule has 0 radical (unpaired) electrons. The number of hydrogen-bond acceptors (Lipinski definition) is 3. The van der Waals surface area contributed by atoms with E-state index in [-0.39, 0.29) is 6.10 Å². The lowest BCUT2D eigenvalue weighted by Gasteiger charge is -2.22. The smallest absolute Gasteiger partial charge is 0.191 e. The van der Waals surface area contributed by atoms with Gasteiger partial charge in [-0.3, -0.25) is 4.99 Å². The highest BCUT2D eigenvalue weighted by molar-refractivity contribution is 5.80. The monoisotopic (exact) mass is 307 g/mol. The van der Waals surface area contributed by atoms with Crippen LogP contribution >= 0.6 is 0 Å². The molecule has 1 aliphatic rings. The molecule has 2 atom stereocenters. The van der Waals surface area contributed by atoms with Gasteiger partial charge in [-0.1, -0.05) is 6.92 Å². The Bertz CT molecular complexity index is 425. The molecule has 0 amide bonds. The van der Waals surface area contributed by atoms with E-state index in [4.69, 9.17) is 14.1 Å². The maximum Gasteiger partial charge on any atom is 0.191 e. The van der Waals surface area contributed by atoms with Crippen LogP contribution in [-0.4, -0.2) is 37.8 Å². The van der Waals surface area contributed by atoms with Crippen molar-refractivity contribution < 1.29 is 9.15 Å². The van der Waals surface area contributed by atoms with E-state index in [0.29, 0.717) is 6.04 Å². The van der Waals surface area contributed by atoms with E-state index in [1.54, 1.807) is 6.26 Å². The van der Waals surface area contributed by atoms with Gasteiger partial charge in [-0.15, -0.1) is 0 Å². The normalized spacial score (nSPS) is 20.6. The van der Waals surface area contributed by atoms with E-state index in [0.717, 1.165) is 50.7 Å². The molecule has 2 unspecified atom stereocenters. The van der Waals surface area contributed by atoms with Crippen molar-refractivity contribution in [2.24, 2.45) is 4.99 Å². The summed E-state index contributed by atoms with van der Waals surface area (Å²) in [5.41, 5.74) is 0. The van der Waals surface area contributed by atoms with Gasteiger partial charge >= 0.3 is 0 Å². The number of nitrogens with zero attached hydrogens (tertiary/aromatic N) is 1. The fourth-order valence-corrected chi connectivity index (χ4v) is 2.39. The molecule has 1 saturated heterocycles. The van der Waals surface area contributed by atoms with Crippen LogP contribution in [0.2, 0.25) is 0 Å². The Hall–Kier alpha value is -1.49. The van der Waals surface area contributed by atoms with Crippen LogP contribution in [0.5, 0.6) is 0 Å². The van der Waals surface area contributed by atoms with Gasteiger partial charge in [0.25, 0.3) is 0 Å². The summed E-state index contributed by atoms with van der Waals surface area (Å²) < 4.78 is 11.1. The Morgan fingerprint density at radius 2 is 2.36 bits per heavy atom. The first kappa shape index (κ1) is 16.9. The third kappa shape index (κ3) is 6.10. The third-order valence-electron chi connectivity index (χ3n) is 3.97. The zero-order valence-electron chi connectivity index (χ0n) is 13.8. The molecule has 0 aliphatic carbocycles. The van der Waals surface area contributed by atoms with Crippen molar-refractivity contribution in [1.29, 1.82) is 0 Å². The first-order chi connectivity index (χ1) is 10.8. The van der Waals surface area contributed by atoms with E-state index in [1.807, 2.05) is 12.1 Å². The summed E-state index contributed by atoms with van der Waals surface area (Å²) in [6.07, 6.45) is 7.45. The van der Waals surface area contributed by atoms with Crippen LogP contribution in [0.25, 0.3) is 0 Å². The summed E-state index contributed by atoms with van der Waals surface area (Å²) in [6, 6.07) is 4.32. The summed E-state index contributed by atoms with van der Waals surface area (Å²) in [4.78, 5) is 4.69. The lowest BCUT2D eigenvalue weighted by atomic mass is 10.1. The first-order valence-electron chi connectivity index (χ1n) is 8.46. The van der Waals surface area contributed by atoms with Gasteiger partial charge in [-0.25, -0.2) is 0 Å². The average Bonchev–Trinajstić information content (AvgIpc) is 3.06. The molecule has 0 bridgehead atoms. The summed E-state index contributed by atoms with van der Waals surface area (Å²) in [5.74, 6) is 1.86. The van der Waals surface area contributed by atoms with Gasteiger partial charge in [0.2, 0.25) is 0 Å². The predicted molar refractivity (Wildman–Crippen MR) is 89.2 cm³/mol. The van der Waals surface area contributed by atoms with Crippen molar-refractivity contribution >= 4 is 5.96 Å². The van der Waals surface area contributed by atoms with Crippen molar-refractivity contribution in [3.63, 3.8) is 0 Å². The molecule has 0 saturated carbocycles. The highest BCUT2D eigenvalue weighted by Crippen LogP contribution is 2.12. The number of rotatable bonds is 7. The number of hydrogen-bond donors (Lipinski definition) is 2. The Morgan fingerprint density at radius 3 is 3.05 bits per heavy atom. The number of aliphatic imine (C=N–C) groups is 1. The maximum absolute atomic E-state index is 5.75. The van der Waals surface area contributed by atoms with Crippen molar-refractivity contribution in [2.45, 2.75) is 58.1 Å². The second-order valence-electron chi connectivity index (χ2n) is 5.89. The second kappa shape index (κ2) is 9.51. The van der Waals surface area contributed by atoms with Gasteiger partial charge in [0.05, 0.1) is 18.9 Å². The van der Waals surface area contributed by atoms with E-state index in [9.17, 15) is 0 Å². The molecule has 5 nitrogen and oxygen atoms in total. The molecule has 1 aromatic heterocycles. The number of ether oxygens (including phenoxy) is 1. The number of furan rings is 1. The predicted octanol–water partition coefficient (Wildman–Crippen LogP) is 2.72. The van der Waals surface area contributed by atoms with Crippen LogP contribution in [0.1, 0.15) is 45.3 Å². The maximum atomic E-state index is 5.75. The van der Waals surface area contributed by atoms with Gasteiger partial charge in [0, 0.05) is 25.6 Å². The number of guanidine groups is 1. The minimum Gasteiger partial charge on any atom is -0.469 e. The molecule has 0 aromatic carbocycles. The molecule has 5 heteroatoms. The third-order valence-corrected chi connectivity index (χ3v) is 3.97. The second-order valence-corrected chi connectivity index (χ2v) is 5.89. The molecule has 22 heavy (non-hydrogen) atoms. The van der Waals surface area contributed by atoms with E-state index >= 15 is 0 Å². The molecule has 2 heterocycles. The van der Waals surface area contributed by atoms with E-state index in [1.165, 1.54) is 12.8 Å². The molecule has 1 aliphatic heterocycles. The number of nitrogens with one attached hydrogen (secondary N) is 2. The van der Waals surface area contributed by atoms with Crippen molar-refractivity contribution in [2.75, 3.05) is 19.7 Å². The van der Waals surface area contributed by atoms with Gasteiger partial charge in [0.15, 0.2) is 5.96 Å². The van der Waals surface area contributed by atoms with Crippen molar-refractivity contribution in [3.05, 3.63) is 24.2 Å². The fraction of sp³-hybridized carbons (Fsp3) is 0.706. The van der Waals surface area contributed by atoms with Crippen LogP contribution in [0.15, 0.2) is 27.8 Å². The molecule has 2 N–H and O–H groups in total. The fourth-order valence-electron chi connectivity index (χ4n) is 2.39. The zero-order valence-corrected chi connectivity index (χ0v) is 13.8. The summed E-state index contributed by atoms with van der Waals surface area (Å²) in [7, 11) is 0. The van der Waals surface area contributed by atoms with Gasteiger partial charge in [0.1, 0.15) is 5.76 Å². The van der Waals surface area contributed by atoms with E-state index in [2.05, 4.69) is 24.5 Å². The standard InChI is InChI=1S/C17H29N3O2/c1-3-14(2)20-17(18-10-9-15-8-6-12-21-15)19-13-16-7-4-5-11-22-16/h6,8,12,14,16H,3-5,7,9-11,13H2,1-2H3,(H2,18,19,20). The average molecular weight is 307 g/mol. The van der Waals surface area contributed by atoms with Crippen LogP contribution in [0, 0.1) is 0 Å². The SMILES string of the molecule is CCC(C)NC(=NCC1CCCCO1)NCCc1ccco1. The molecular formula is C17H29N3O2.